The van der Waals surface area contributed by atoms with E-state index in [1.54, 1.807) is 38.1 Å². The van der Waals surface area contributed by atoms with Crippen LogP contribution in [0.1, 0.15) is 29.8 Å². The van der Waals surface area contributed by atoms with Crippen LogP contribution in [-0.4, -0.2) is 38.3 Å². The van der Waals surface area contributed by atoms with Gasteiger partial charge in [-0.3, -0.25) is 4.79 Å². The molecule has 0 saturated carbocycles. The molecule has 0 fully saturated rings. The van der Waals surface area contributed by atoms with Crippen molar-refractivity contribution in [3.8, 4) is 0 Å². The van der Waals surface area contributed by atoms with Crippen molar-refractivity contribution < 1.29 is 13.2 Å². The summed E-state index contributed by atoms with van der Waals surface area (Å²) < 4.78 is 26.4. The second-order valence-corrected chi connectivity index (χ2v) is 8.71. The van der Waals surface area contributed by atoms with E-state index in [2.05, 4.69) is 5.32 Å². The zero-order chi connectivity index (χ0) is 19.3. The molecule has 0 atom stereocenters. The normalized spacial score (nSPS) is 11.8. The summed E-state index contributed by atoms with van der Waals surface area (Å²) in [6, 6.07) is 13.3. The van der Waals surface area contributed by atoms with Crippen LogP contribution in [0.3, 0.4) is 0 Å². The Morgan fingerprint density at radius 2 is 1.81 bits per heavy atom. The Morgan fingerprint density at radius 1 is 1.15 bits per heavy atom. The fourth-order valence-corrected chi connectivity index (χ4v) is 3.86. The van der Waals surface area contributed by atoms with Crippen LogP contribution in [0.4, 0.5) is 0 Å². The van der Waals surface area contributed by atoms with Gasteiger partial charge in [-0.25, -0.2) is 8.42 Å². The third-order valence-corrected chi connectivity index (χ3v) is 6.39. The van der Waals surface area contributed by atoms with Crippen molar-refractivity contribution in [2.75, 3.05) is 13.6 Å². The van der Waals surface area contributed by atoms with Crippen LogP contribution in [0.25, 0.3) is 0 Å². The predicted octanol–water partition coefficient (Wildman–Crippen LogP) is 3.34. The average Bonchev–Trinajstić information content (AvgIpc) is 2.62. The van der Waals surface area contributed by atoms with Gasteiger partial charge in [0, 0.05) is 30.2 Å². The van der Waals surface area contributed by atoms with Crippen LogP contribution in [-0.2, 0) is 16.4 Å². The second-order valence-electron chi connectivity index (χ2n) is 6.28. The first kappa shape index (κ1) is 20.4. The van der Waals surface area contributed by atoms with Crippen molar-refractivity contribution in [1.82, 2.24) is 9.62 Å². The van der Waals surface area contributed by atoms with E-state index in [1.165, 1.54) is 23.5 Å². The zero-order valence-corrected chi connectivity index (χ0v) is 16.6. The van der Waals surface area contributed by atoms with Gasteiger partial charge in [0.1, 0.15) is 0 Å². The Labute approximate surface area is 160 Å². The molecule has 140 valence electrons. The third kappa shape index (κ3) is 5.06. The van der Waals surface area contributed by atoms with E-state index in [-0.39, 0.29) is 16.8 Å². The van der Waals surface area contributed by atoms with Crippen molar-refractivity contribution in [2.24, 2.45) is 0 Å². The Balaban J connectivity index is 2.04. The second kappa shape index (κ2) is 8.66. The van der Waals surface area contributed by atoms with Crippen molar-refractivity contribution in [2.45, 2.75) is 31.2 Å². The van der Waals surface area contributed by atoms with Gasteiger partial charge in [-0.1, -0.05) is 29.8 Å². The van der Waals surface area contributed by atoms with Crippen molar-refractivity contribution >= 4 is 27.5 Å². The maximum absolute atomic E-state index is 12.6. The van der Waals surface area contributed by atoms with Crippen LogP contribution in [0, 0.1) is 0 Å². The molecule has 0 aliphatic rings. The van der Waals surface area contributed by atoms with Gasteiger partial charge in [-0.15, -0.1) is 0 Å². The lowest BCUT2D eigenvalue weighted by Gasteiger charge is -2.21. The van der Waals surface area contributed by atoms with Crippen LogP contribution in [0.5, 0.6) is 0 Å². The first-order valence-corrected chi connectivity index (χ1v) is 10.1. The smallest absolute Gasteiger partial charge is 0.251 e. The predicted molar refractivity (Wildman–Crippen MR) is 104 cm³/mol. The molecule has 0 radical (unpaired) electrons. The lowest BCUT2D eigenvalue weighted by atomic mass is 10.1. The molecule has 0 spiro atoms. The summed E-state index contributed by atoms with van der Waals surface area (Å²) in [5.74, 6) is -0.303. The van der Waals surface area contributed by atoms with Crippen LogP contribution < -0.4 is 5.32 Å². The molecule has 0 bridgehead atoms. The average molecular weight is 395 g/mol. The minimum absolute atomic E-state index is 0.110. The Hall–Kier alpha value is -1.89. The fourth-order valence-electron chi connectivity index (χ4n) is 2.32. The number of carbonyl (C=O) groups excluding carboxylic acids is 1. The maximum atomic E-state index is 12.6. The first-order valence-electron chi connectivity index (χ1n) is 8.32. The summed E-state index contributed by atoms with van der Waals surface area (Å²) in [5.41, 5.74) is 1.38. The number of benzene rings is 2. The SMILES string of the molecule is CC(C)N(C)S(=O)(=O)c1cccc(C(=O)NCCc2ccc(Cl)cc2)c1. The lowest BCUT2D eigenvalue weighted by Crippen LogP contribution is -2.33. The molecule has 7 heteroatoms. The van der Waals surface area contributed by atoms with Gasteiger partial charge in [0.25, 0.3) is 5.91 Å². The van der Waals surface area contributed by atoms with E-state index in [1.807, 2.05) is 12.1 Å². The number of hydrogen-bond donors (Lipinski definition) is 1. The lowest BCUT2D eigenvalue weighted by molar-refractivity contribution is 0.0954. The monoisotopic (exact) mass is 394 g/mol. The largest absolute Gasteiger partial charge is 0.352 e. The van der Waals surface area contributed by atoms with Crippen LogP contribution in [0.15, 0.2) is 53.4 Å². The number of amides is 1. The third-order valence-electron chi connectivity index (χ3n) is 4.11. The van der Waals surface area contributed by atoms with Gasteiger partial charge in [-0.05, 0) is 56.2 Å². The van der Waals surface area contributed by atoms with Gasteiger partial charge < -0.3 is 5.32 Å². The van der Waals surface area contributed by atoms with Gasteiger partial charge in [-0.2, -0.15) is 4.31 Å². The zero-order valence-electron chi connectivity index (χ0n) is 15.1. The molecule has 2 rings (SSSR count). The molecule has 0 heterocycles. The molecule has 2 aromatic rings. The van der Waals surface area contributed by atoms with Crippen molar-refractivity contribution in [3.63, 3.8) is 0 Å². The maximum Gasteiger partial charge on any atom is 0.251 e. The molecule has 0 aromatic heterocycles. The highest BCUT2D eigenvalue weighted by atomic mass is 35.5. The molecule has 1 N–H and O–H groups in total. The van der Waals surface area contributed by atoms with E-state index in [0.717, 1.165) is 5.56 Å². The summed E-state index contributed by atoms with van der Waals surface area (Å²) in [6.07, 6.45) is 0.664. The molecule has 1 amide bonds. The molecular weight excluding hydrogens is 372 g/mol. The molecular formula is C19H23ClN2O3S. The van der Waals surface area contributed by atoms with Crippen molar-refractivity contribution in [3.05, 3.63) is 64.7 Å². The minimum atomic E-state index is -3.62. The topological polar surface area (TPSA) is 66.5 Å². The van der Waals surface area contributed by atoms with Crippen molar-refractivity contribution in [1.29, 1.82) is 0 Å². The standard InChI is InChI=1S/C19H23ClN2O3S/c1-14(2)22(3)26(24,25)18-6-4-5-16(13-18)19(23)21-12-11-15-7-9-17(20)10-8-15/h4-10,13-14H,11-12H2,1-3H3,(H,21,23). The Bertz CT molecular complexity index is 865. The highest BCUT2D eigenvalue weighted by Gasteiger charge is 2.23. The molecule has 5 nitrogen and oxygen atoms in total. The molecule has 0 aliphatic heterocycles. The number of carbonyl (C=O) groups is 1. The minimum Gasteiger partial charge on any atom is -0.352 e. The number of hydrogen-bond acceptors (Lipinski definition) is 3. The van der Waals surface area contributed by atoms with E-state index in [0.29, 0.717) is 23.6 Å². The van der Waals surface area contributed by atoms with Gasteiger partial charge in [0.2, 0.25) is 10.0 Å². The van der Waals surface area contributed by atoms with E-state index < -0.39 is 10.0 Å². The summed E-state index contributed by atoms with van der Waals surface area (Å²) in [5, 5.41) is 3.48. The summed E-state index contributed by atoms with van der Waals surface area (Å²) in [7, 11) is -2.09. The Kier molecular flexibility index (Phi) is 6.81. The van der Waals surface area contributed by atoms with E-state index in [9.17, 15) is 13.2 Å². The number of nitrogens with one attached hydrogen (secondary N) is 1. The fraction of sp³-hybridized carbons (Fsp3) is 0.316. The highest BCUT2D eigenvalue weighted by molar-refractivity contribution is 7.89. The van der Waals surface area contributed by atoms with E-state index >= 15 is 0 Å². The number of rotatable bonds is 7. The van der Waals surface area contributed by atoms with Gasteiger partial charge in [0.05, 0.1) is 4.90 Å². The quantitative estimate of drug-likeness (QED) is 0.783. The number of sulfonamides is 1. The molecule has 0 unspecified atom stereocenters. The van der Waals surface area contributed by atoms with Crippen LogP contribution >= 0.6 is 11.6 Å². The van der Waals surface area contributed by atoms with E-state index in [4.69, 9.17) is 11.6 Å². The highest BCUT2D eigenvalue weighted by Crippen LogP contribution is 2.18. The summed E-state index contributed by atoms with van der Waals surface area (Å²) in [4.78, 5) is 12.4. The molecule has 0 aliphatic carbocycles. The summed E-state index contributed by atoms with van der Waals surface area (Å²) >= 11 is 5.85. The molecule has 0 saturated heterocycles. The number of halogens is 1. The van der Waals surface area contributed by atoms with Crippen LogP contribution in [0.2, 0.25) is 5.02 Å². The first-order chi connectivity index (χ1) is 12.2. The van der Waals surface area contributed by atoms with Gasteiger partial charge >= 0.3 is 0 Å². The number of nitrogens with zero attached hydrogens (tertiary/aromatic N) is 1. The Morgan fingerprint density at radius 3 is 2.42 bits per heavy atom. The van der Waals surface area contributed by atoms with Gasteiger partial charge in [0.15, 0.2) is 0 Å². The molecule has 2 aromatic carbocycles. The molecule has 26 heavy (non-hydrogen) atoms. The summed E-state index contributed by atoms with van der Waals surface area (Å²) in [6.45, 7) is 4.04.